The van der Waals surface area contributed by atoms with Crippen LogP contribution in [0.25, 0.3) is 11.1 Å². The van der Waals surface area contributed by atoms with Crippen molar-refractivity contribution in [1.82, 2.24) is 4.98 Å². The lowest BCUT2D eigenvalue weighted by atomic mass is 10.1. The molecule has 74 valence electrons. The highest BCUT2D eigenvalue weighted by Gasteiger charge is 2.07. The van der Waals surface area contributed by atoms with Crippen LogP contribution in [0.1, 0.15) is 10.8 Å². The molecule has 2 rings (SSSR count). The molecule has 1 aromatic heterocycles. The maximum absolute atomic E-state index is 10.9. The van der Waals surface area contributed by atoms with Gasteiger partial charge in [0.1, 0.15) is 0 Å². The van der Waals surface area contributed by atoms with Crippen LogP contribution in [0.5, 0.6) is 0 Å². The molecule has 1 atom stereocenters. The highest BCUT2D eigenvalue weighted by Crippen LogP contribution is 2.21. The molecule has 1 aromatic carbocycles. The molecule has 14 heavy (non-hydrogen) atoms. The van der Waals surface area contributed by atoms with Gasteiger partial charge in [-0.05, 0) is 17.7 Å². The zero-order chi connectivity index (χ0) is 10.1. The summed E-state index contributed by atoms with van der Waals surface area (Å²) in [6.45, 7) is 0.448. The standard InChI is InChI=1S/C9H10N2O2S/c10-4-8(14)5-1-2-6-7(3-5)13-9(12)11-6/h1-3,8,14H,4,10H2,(H,11,12). The number of hydrogen-bond donors (Lipinski definition) is 3. The molecule has 0 aliphatic heterocycles. The fourth-order valence-electron chi connectivity index (χ4n) is 1.31. The molecule has 3 N–H and O–H groups in total. The van der Waals surface area contributed by atoms with Crippen molar-refractivity contribution in [3.63, 3.8) is 0 Å². The van der Waals surface area contributed by atoms with E-state index in [2.05, 4.69) is 17.6 Å². The van der Waals surface area contributed by atoms with Gasteiger partial charge in [-0.3, -0.25) is 4.98 Å². The Labute approximate surface area is 85.5 Å². The topological polar surface area (TPSA) is 72.0 Å². The first-order valence-corrected chi connectivity index (χ1v) is 4.73. The van der Waals surface area contributed by atoms with E-state index >= 15 is 0 Å². The molecule has 0 fully saturated rings. The van der Waals surface area contributed by atoms with Crippen molar-refractivity contribution in [3.05, 3.63) is 34.3 Å². The number of nitrogens with two attached hydrogens (primary N) is 1. The summed E-state index contributed by atoms with van der Waals surface area (Å²) < 4.78 is 4.92. The van der Waals surface area contributed by atoms with Gasteiger partial charge in [-0.2, -0.15) is 12.6 Å². The molecule has 1 heterocycles. The van der Waals surface area contributed by atoms with E-state index in [0.717, 1.165) is 5.56 Å². The van der Waals surface area contributed by atoms with Gasteiger partial charge in [0.05, 0.1) is 5.52 Å². The number of thiol groups is 1. The van der Waals surface area contributed by atoms with E-state index in [-0.39, 0.29) is 5.25 Å². The van der Waals surface area contributed by atoms with Gasteiger partial charge in [-0.25, -0.2) is 4.79 Å². The second-order valence-electron chi connectivity index (χ2n) is 3.02. The minimum absolute atomic E-state index is 0.0281. The lowest BCUT2D eigenvalue weighted by Gasteiger charge is -2.06. The summed E-state index contributed by atoms with van der Waals surface area (Å²) in [7, 11) is 0. The number of fused-ring (bicyclic) bond motifs is 1. The van der Waals surface area contributed by atoms with E-state index in [0.29, 0.717) is 17.6 Å². The highest BCUT2D eigenvalue weighted by molar-refractivity contribution is 7.80. The third kappa shape index (κ3) is 1.56. The molecule has 0 bridgehead atoms. The number of aromatic nitrogens is 1. The number of aromatic amines is 1. The van der Waals surface area contributed by atoms with Gasteiger partial charge < -0.3 is 10.2 Å². The lowest BCUT2D eigenvalue weighted by Crippen LogP contribution is -2.06. The van der Waals surface area contributed by atoms with Crippen LogP contribution in [-0.2, 0) is 0 Å². The van der Waals surface area contributed by atoms with Gasteiger partial charge in [0, 0.05) is 11.8 Å². The van der Waals surface area contributed by atoms with Crippen molar-refractivity contribution in [2.45, 2.75) is 5.25 Å². The second-order valence-corrected chi connectivity index (χ2v) is 3.64. The van der Waals surface area contributed by atoms with Gasteiger partial charge in [-0.1, -0.05) is 6.07 Å². The largest absolute Gasteiger partial charge is 0.417 e. The Morgan fingerprint density at radius 1 is 1.57 bits per heavy atom. The van der Waals surface area contributed by atoms with E-state index < -0.39 is 5.76 Å². The Balaban J connectivity index is 2.55. The van der Waals surface area contributed by atoms with E-state index in [1.54, 1.807) is 12.1 Å². The number of nitrogens with one attached hydrogen (secondary N) is 1. The molecular weight excluding hydrogens is 200 g/mol. The summed E-state index contributed by atoms with van der Waals surface area (Å²) >= 11 is 4.30. The molecule has 0 amide bonds. The second kappa shape index (κ2) is 3.51. The van der Waals surface area contributed by atoms with Crippen molar-refractivity contribution in [2.75, 3.05) is 6.54 Å². The summed E-state index contributed by atoms with van der Waals surface area (Å²) in [6, 6.07) is 5.44. The normalized spacial score (nSPS) is 13.3. The average Bonchev–Trinajstić information content (AvgIpc) is 2.55. The van der Waals surface area contributed by atoms with Crippen LogP contribution in [0, 0.1) is 0 Å². The fraction of sp³-hybridized carbons (Fsp3) is 0.222. The van der Waals surface area contributed by atoms with E-state index in [4.69, 9.17) is 10.2 Å². The van der Waals surface area contributed by atoms with E-state index in [9.17, 15) is 4.79 Å². The van der Waals surface area contributed by atoms with Crippen molar-refractivity contribution in [1.29, 1.82) is 0 Å². The molecule has 0 saturated heterocycles. The molecule has 4 nitrogen and oxygen atoms in total. The minimum Gasteiger partial charge on any atom is -0.408 e. The number of H-pyrrole nitrogens is 1. The molecule has 0 saturated carbocycles. The third-order valence-electron chi connectivity index (χ3n) is 2.05. The van der Waals surface area contributed by atoms with Crippen molar-refractivity contribution < 1.29 is 4.42 Å². The van der Waals surface area contributed by atoms with Crippen LogP contribution in [0.2, 0.25) is 0 Å². The Hall–Kier alpha value is -1.20. The van der Waals surface area contributed by atoms with Crippen LogP contribution in [0.15, 0.2) is 27.4 Å². The van der Waals surface area contributed by atoms with Gasteiger partial charge in [0.15, 0.2) is 5.58 Å². The predicted molar refractivity (Wildman–Crippen MR) is 57.6 cm³/mol. The average molecular weight is 210 g/mol. The molecule has 1 unspecified atom stereocenters. The predicted octanol–water partition coefficient (Wildman–Crippen LogP) is 1.05. The molecular formula is C9H10N2O2S. The minimum atomic E-state index is -0.444. The zero-order valence-corrected chi connectivity index (χ0v) is 8.25. The summed E-state index contributed by atoms with van der Waals surface area (Å²) in [5.74, 6) is -0.444. The van der Waals surface area contributed by atoms with Crippen molar-refractivity contribution in [2.24, 2.45) is 5.73 Å². The highest BCUT2D eigenvalue weighted by atomic mass is 32.1. The number of hydrogen-bond acceptors (Lipinski definition) is 4. The summed E-state index contributed by atoms with van der Waals surface area (Å²) in [4.78, 5) is 13.4. The quantitative estimate of drug-likeness (QED) is 0.649. The molecule has 0 aliphatic rings. The first-order valence-electron chi connectivity index (χ1n) is 4.21. The molecule has 0 radical (unpaired) electrons. The van der Waals surface area contributed by atoms with Crippen LogP contribution < -0.4 is 11.5 Å². The molecule has 0 aliphatic carbocycles. The van der Waals surface area contributed by atoms with Crippen LogP contribution >= 0.6 is 12.6 Å². The Kier molecular flexibility index (Phi) is 2.35. The maximum Gasteiger partial charge on any atom is 0.417 e. The smallest absolute Gasteiger partial charge is 0.408 e. The van der Waals surface area contributed by atoms with Gasteiger partial charge in [0.2, 0.25) is 0 Å². The number of rotatable bonds is 2. The first kappa shape index (κ1) is 9.36. The van der Waals surface area contributed by atoms with Crippen molar-refractivity contribution in [3.8, 4) is 0 Å². The third-order valence-corrected chi connectivity index (χ3v) is 2.56. The van der Waals surface area contributed by atoms with Crippen LogP contribution in [-0.4, -0.2) is 11.5 Å². The van der Waals surface area contributed by atoms with E-state index in [1.807, 2.05) is 6.07 Å². The fourth-order valence-corrected chi connectivity index (χ4v) is 1.47. The van der Waals surface area contributed by atoms with Crippen molar-refractivity contribution >= 4 is 23.7 Å². The van der Waals surface area contributed by atoms with Gasteiger partial charge >= 0.3 is 5.76 Å². The lowest BCUT2D eigenvalue weighted by molar-refractivity contribution is 0.555. The van der Waals surface area contributed by atoms with Gasteiger partial charge in [-0.15, -0.1) is 0 Å². The summed E-state index contributed by atoms with van der Waals surface area (Å²) in [5, 5.41) is -0.0281. The Morgan fingerprint density at radius 2 is 2.36 bits per heavy atom. The Morgan fingerprint density at radius 3 is 3.07 bits per heavy atom. The van der Waals surface area contributed by atoms with Crippen LogP contribution in [0.4, 0.5) is 0 Å². The SMILES string of the molecule is NCC(S)c1ccc2[nH]c(=O)oc2c1. The molecule has 0 spiro atoms. The number of oxazole rings is 1. The van der Waals surface area contributed by atoms with Gasteiger partial charge in [0.25, 0.3) is 0 Å². The summed E-state index contributed by atoms with van der Waals surface area (Å²) in [6.07, 6.45) is 0. The summed E-state index contributed by atoms with van der Waals surface area (Å²) in [5.41, 5.74) is 7.66. The van der Waals surface area contributed by atoms with E-state index in [1.165, 1.54) is 0 Å². The first-order chi connectivity index (χ1) is 6.70. The maximum atomic E-state index is 10.9. The molecule has 5 heteroatoms. The molecule has 2 aromatic rings. The van der Waals surface area contributed by atoms with Crippen LogP contribution in [0.3, 0.4) is 0 Å². The Bertz CT molecular complexity index is 503. The zero-order valence-electron chi connectivity index (χ0n) is 7.36. The monoisotopic (exact) mass is 210 g/mol. The number of benzene rings is 1.